The van der Waals surface area contributed by atoms with Gasteiger partial charge in [0.15, 0.2) is 5.78 Å². The van der Waals surface area contributed by atoms with Crippen LogP contribution in [0.25, 0.3) is 0 Å². The van der Waals surface area contributed by atoms with Gasteiger partial charge in [0, 0.05) is 6.08 Å². The van der Waals surface area contributed by atoms with E-state index in [-0.39, 0.29) is 0 Å². The summed E-state index contributed by atoms with van der Waals surface area (Å²) in [5, 5.41) is -1.41. The quantitative estimate of drug-likeness (QED) is 0.643. The summed E-state index contributed by atoms with van der Waals surface area (Å²) in [7, 11) is 0. The Morgan fingerprint density at radius 2 is 1.69 bits per heavy atom. The summed E-state index contributed by atoms with van der Waals surface area (Å²) in [6.45, 7) is 3.21. The highest BCUT2D eigenvalue weighted by atomic mass is 35.5. The van der Waals surface area contributed by atoms with Crippen molar-refractivity contribution in [2.45, 2.75) is 20.0 Å². The van der Waals surface area contributed by atoms with E-state index in [0.29, 0.717) is 11.6 Å². The van der Waals surface area contributed by atoms with Gasteiger partial charge >= 0.3 is 6.18 Å². The van der Waals surface area contributed by atoms with Crippen LogP contribution in [0.4, 0.5) is 13.2 Å². The molecule has 0 fully saturated rings. The zero-order valence-corrected chi connectivity index (χ0v) is 7.83. The predicted octanol–water partition coefficient (Wildman–Crippen LogP) is 3.21. The molecule has 5 heteroatoms. The summed E-state index contributed by atoms with van der Waals surface area (Å²) in [4.78, 5) is 10.8. The lowest BCUT2D eigenvalue weighted by molar-refractivity contribution is -0.111. The molecule has 0 bridgehead atoms. The van der Waals surface area contributed by atoms with E-state index in [4.69, 9.17) is 11.6 Å². The molecule has 0 N–H and O–H groups in total. The summed E-state index contributed by atoms with van der Waals surface area (Å²) >= 11 is 4.82. The molecule has 0 aliphatic heterocycles. The van der Waals surface area contributed by atoms with Gasteiger partial charge in [-0.15, -0.1) is 0 Å². The zero-order valence-electron chi connectivity index (χ0n) is 7.07. The molecule has 1 nitrogen and oxygen atoms in total. The van der Waals surface area contributed by atoms with Crippen LogP contribution in [0.3, 0.4) is 0 Å². The minimum Gasteiger partial charge on any atom is -0.290 e. The second-order valence-corrected chi connectivity index (χ2v) is 3.02. The SMILES string of the molecule is CC(C)=CC(=O)/C=C(\Cl)C(F)(F)F. The number of carbonyl (C=O) groups is 1. The van der Waals surface area contributed by atoms with Gasteiger partial charge in [-0.2, -0.15) is 13.2 Å². The number of hydrogen-bond acceptors (Lipinski definition) is 1. The van der Waals surface area contributed by atoms with E-state index in [9.17, 15) is 18.0 Å². The molecule has 0 aromatic carbocycles. The number of rotatable bonds is 2. The maximum atomic E-state index is 11.8. The van der Waals surface area contributed by atoms with Crippen molar-refractivity contribution in [2.24, 2.45) is 0 Å². The number of ketones is 1. The fourth-order valence-electron chi connectivity index (χ4n) is 0.533. The van der Waals surface area contributed by atoms with Gasteiger partial charge in [0.05, 0.1) is 0 Å². The van der Waals surface area contributed by atoms with E-state index in [2.05, 4.69) is 0 Å². The summed E-state index contributed by atoms with van der Waals surface area (Å²) in [6.07, 6.45) is -3.21. The first kappa shape index (κ1) is 12.2. The molecule has 0 amide bonds. The lowest BCUT2D eigenvalue weighted by atomic mass is 10.2. The Hall–Kier alpha value is -0.770. The van der Waals surface area contributed by atoms with Gasteiger partial charge < -0.3 is 0 Å². The molecule has 74 valence electrons. The number of hydrogen-bond donors (Lipinski definition) is 0. The number of carbonyl (C=O) groups excluding carboxylic acids is 1. The van der Waals surface area contributed by atoms with Gasteiger partial charge in [0.1, 0.15) is 5.03 Å². The number of allylic oxidation sites excluding steroid dienone is 4. The highest BCUT2D eigenvalue weighted by molar-refractivity contribution is 6.32. The van der Waals surface area contributed by atoms with Gasteiger partial charge in [-0.25, -0.2) is 0 Å². The predicted molar refractivity (Wildman–Crippen MR) is 44.4 cm³/mol. The zero-order chi connectivity index (χ0) is 10.6. The molecule has 0 spiro atoms. The van der Waals surface area contributed by atoms with Crippen LogP contribution < -0.4 is 0 Å². The first-order chi connectivity index (χ1) is 5.73. The van der Waals surface area contributed by atoms with Gasteiger partial charge in [-0.1, -0.05) is 17.2 Å². The average molecular weight is 213 g/mol. The topological polar surface area (TPSA) is 17.1 Å². The molecule has 0 rings (SSSR count). The average Bonchev–Trinajstić information content (AvgIpc) is 1.82. The molecule has 0 atom stereocenters. The van der Waals surface area contributed by atoms with Crippen LogP contribution in [0.5, 0.6) is 0 Å². The Kier molecular flexibility index (Phi) is 4.20. The van der Waals surface area contributed by atoms with E-state index in [1.165, 1.54) is 0 Å². The summed E-state index contributed by atoms with van der Waals surface area (Å²) < 4.78 is 35.3. The second kappa shape index (κ2) is 4.46. The summed E-state index contributed by atoms with van der Waals surface area (Å²) in [6, 6.07) is 0. The molecule has 0 aliphatic rings. The van der Waals surface area contributed by atoms with E-state index in [1.54, 1.807) is 13.8 Å². The first-order valence-corrected chi connectivity index (χ1v) is 3.74. The van der Waals surface area contributed by atoms with Crippen molar-refractivity contribution in [1.82, 2.24) is 0 Å². The lowest BCUT2D eigenvalue weighted by Crippen LogP contribution is -2.08. The number of halogens is 4. The standard InChI is InChI=1S/C8H8ClF3O/c1-5(2)3-6(13)4-7(9)8(10,11)12/h3-4H,1-2H3/b7-4-. The molecule has 0 aromatic heterocycles. The highest BCUT2D eigenvalue weighted by Gasteiger charge is 2.32. The Balaban J connectivity index is 4.60. The van der Waals surface area contributed by atoms with Crippen molar-refractivity contribution >= 4 is 17.4 Å². The Labute approximate surface area is 78.9 Å². The molecule has 0 aromatic rings. The van der Waals surface area contributed by atoms with E-state index < -0.39 is 17.0 Å². The Morgan fingerprint density at radius 3 is 2.00 bits per heavy atom. The third-order valence-electron chi connectivity index (χ3n) is 0.971. The largest absolute Gasteiger partial charge is 0.427 e. The van der Waals surface area contributed by atoms with Crippen LogP contribution in [-0.4, -0.2) is 12.0 Å². The van der Waals surface area contributed by atoms with Crippen LogP contribution in [0, 0.1) is 0 Å². The molecule has 0 aliphatic carbocycles. The van der Waals surface area contributed by atoms with Crippen LogP contribution in [0.2, 0.25) is 0 Å². The maximum absolute atomic E-state index is 11.8. The second-order valence-electron chi connectivity index (χ2n) is 2.61. The third-order valence-corrected chi connectivity index (χ3v) is 1.29. The number of alkyl halides is 3. The molecular formula is C8H8ClF3O. The minimum absolute atomic E-state index is 0.356. The first-order valence-electron chi connectivity index (χ1n) is 3.36. The van der Waals surface area contributed by atoms with Crippen LogP contribution in [-0.2, 0) is 4.79 Å². The van der Waals surface area contributed by atoms with E-state index in [0.717, 1.165) is 6.08 Å². The van der Waals surface area contributed by atoms with Gasteiger partial charge in [-0.3, -0.25) is 4.79 Å². The van der Waals surface area contributed by atoms with Crippen LogP contribution >= 0.6 is 11.6 Å². The van der Waals surface area contributed by atoms with Crippen molar-refractivity contribution < 1.29 is 18.0 Å². The summed E-state index contributed by atoms with van der Waals surface area (Å²) in [5.41, 5.74) is 0.618. The fourth-order valence-corrected chi connectivity index (χ4v) is 0.640. The van der Waals surface area contributed by atoms with Crippen LogP contribution in [0.15, 0.2) is 22.8 Å². The smallest absolute Gasteiger partial charge is 0.290 e. The molecule has 13 heavy (non-hydrogen) atoms. The Bertz CT molecular complexity index is 259. The fraction of sp³-hybridized carbons (Fsp3) is 0.375. The molecule has 0 radical (unpaired) electrons. The Morgan fingerprint density at radius 1 is 1.23 bits per heavy atom. The summed E-state index contributed by atoms with van der Waals surface area (Å²) in [5.74, 6) is -0.762. The van der Waals surface area contributed by atoms with Gasteiger partial charge in [-0.05, 0) is 19.9 Å². The van der Waals surface area contributed by atoms with E-state index >= 15 is 0 Å². The van der Waals surface area contributed by atoms with Crippen molar-refractivity contribution in [3.8, 4) is 0 Å². The minimum atomic E-state index is -4.65. The van der Waals surface area contributed by atoms with E-state index in [1.807, 2.05) is 0 Å². The van der Waals surface area contributed by atoms with Gasteiger partial charge in [0.25, 0.3) is 0 Å². The molecule has 0 unspecified atom stereocenters. The van der Waals surface area contributed by atoms with Crippen LogP contribution in [0.1, 0.15) is 13.8 Å². The molecule has 0 saturated heterocycles. The van der Waals surface area contributed by atoms with Gasteiger partial charge in [0.2, 0.25) is 0 Å². The van der Waals surface area contributed by atoms with Crippen molar-refractivity contribution in [3.63, 3.8) is 0 Å². The lowest BCUT2D eigenvalue weighted by Gasteiger charge is -2.02. The maximum Gasteiger partial charge on any atom is 0.427 e. The van der Waals surface area contributed by atoms with Crippen molar-refractivity contribution in [1.29, 1.82) is 0 Å². The molecule has 0 heterocycles. The van der Waals surface area contributed by atoms with Crippen molar-refractivity contribution in [3.05, 3.63) is 22.8 Å². The van der Waals surface area contributed by atoms with Crippen molar-refractivity contribution in [2.75, 3.05) is 0 Å². The third kappa shape index (κ3) is 5.47. The normalized spacial score (nSPS) is 12.6. The monoisotopic (exact) mass is 212 g/mol. The molecular weight excluding hydrogens is 205 g/mol. The highest BCUT2D eigenvalue weighted by Crippen LogP contribution is 2.28. The molecule has 0 saturated carbocycles.